The molecule has 0 bridgehead atoms. The summed E-state index contributed by atoms with van der Waals surface area (Å²) < 4.78 is 4.17. The lowest BCUT2D eigenvalue weighted by atomic mass is 10.7. The Morgan fingerprint density at radius 2 is 2.31 bits per heavy atom. The van der Waals surface area contributed by atoms with Gasteiger partial charge >= 0.3 is 0 Å². The van der Waals surface area contributed by atoms with Gasteiger partial charge in [0.2, 0.25) is 0 Å². The Hall–Kier alpha value is -1.58. The fourth-order valence-corrected chi connectivity index (χ4v) is 0.880. The molecule has 2 heterocycles. The van der Waals surface area contributed by atoms with Crippen LogP contribution in [0.25, 0.3) is 0 Å². The van der Waals surface area contributed by atoms with E-state index >= 15 is 0 Å². The molecule has 0 unspecified atom stereocenters. The predicted molar refractivity (Wildman–Crippen MR) is 49.9 cm³/mol. The second-order valence-electron chi connectivity index (χ2n) is 2.83. The van der Waals surface area contributed by atoms with Crippen LogP contribution in [0.4, 0.5) is 0 Å². The second-order valence-corrected chi connectivity index (χ2v) is 2.83. The molecule has 1 N–H and O–H groups in total. The van der Waals surface area contributed by atoms with Gasteiger partial charge in [0.25, 0.3) is 5.82 Å². The summed E-state index contributed by atoms with van der Waals surface area (Å²) in [5.41, 5.74) is 0. The van der Waals surface area contributed by atoms with Crippen LogP contribution in [0.2, 0.25) is 0 Å². The average molecular weight is 179 g/mol. The number of nitrogens with one attached hydrogen (secondary N) is 1. The number of H-pyrrole nitrogens is 1. The third-order valence-corrected chi connectivity index (χ3v) is 1.94. The summed E-state index contributed by atoms with van der Waals surface area (Å²) in [6.07, 6.45) is 9.16. The molecule has 2 aromatic rings. The van der Waals surface area contributed by atoms with E-state index < -0.39 is 0 Å². The summed E-state index contributed by atoms with van der Waals surface area (Å²) in [5.74, 6) is 1.27. The first-order valence-corrected chi connectivity index (χ1v) is 4.12. The maximum Gasteiger partial charge on any atom is 0.252 e. The van der Waals surface area contributed by atoms with Gasteiger partial charge in [0.1, 0.15) is 12.4 Å². The van der Waals surface area contributed by atoms with Crippen molar-refractivity contribution in [1.29, 1.82) is 0 Å². The van der Waals surface area contributed by atoms with Crippen molar-refractivity contribution >= 4 is 0 Å². The minimum absolute atomic E-state index is 1.27. The van der Waals surface area contributed by atoms with Gasteiger partial charge in [0.05, 0.1) is 20.4 Å². The lowest BCUT2D eigenvalue weighted by Crippen LogP contribution is -2.29. The van der Waals surface area contributed by atoms with Crippen LogP contribution >= 0.6 is 0 Å². The van der Waals surface area contributed by atoms with Gasteiger partial charge in [0, 0.05) is 19.3 Å². The van der Waals surface area contributed by atoms with Gasteiger partial charge in [0.15, 0.2) is 0 Å². The topological polar surface area (TPSA) is 37.5 Å². The van der Waals surface area contributed by atoms with Crippen LogP contribution in [0, 0.1) is 6.92 Å². The highest BCUT2D eigenvalue weighted by molar-refractivity contribution is 4.75. The van der Waals surface area contributed by atoms with Crippen LogP contribution in [0.1, 0.15) is 5.82 Å². The van der Waals surface area contributed by atoms with E-state index in [0.717, 1.165) is 0 Å². The third-order valence-electron chi connectivity index (χ3n) is 1.94. The number of aromatic amines is 1. The molecule has 4 nitrogen and oxygen atoms in total. The molecule has 0 aliphatic rings. The van der Waals surface area contributed by atoms with Crippen molar-refractivity contribution in [2.75, 3.05) is 0 Å². The normalized spacial score (nSPS) is 9.15. The van der Waals surface area contributed by atoms with Crippen LogP contribution in [0.15, 0.2) is 31.1 Å². The Morgan fingerprint density at radius 3 is 2.46 bits per heavy atom. The van der Waals surface area contributed by atoms with E-state index in [9.17, 15) is 0 Å². The van der Waals surface area contributed by atoms with Gasteiger partial charge in [-0.1, -0.05) is 0 Å². The molecule has 0 spiro atoms. The smallest absolute Gasteiger partial charge is 0.252 e. The lowest BCUT2D eigenvalue weighted by molar-refractivity contribution is -0.677. The molecule has 2 rings (SSSR count). The largest absolute Gasteiger partial charge is 0.351 e. The Morgan fingerprint density at radius 1 is 1.54 bits per heavy atom. The maximum atomic E-state index is 3.67. The van der Waals surface area contributed by atoms with Gasteiger partial charge in [-0.15, -0.1) is 0 Å². The molecule has 4 heteroatoms. The minimum atomic E-state index is 1.27. The van der Waals surface area contributed by atoms with E-state index in [2.05, 4.69) is 26.0 Å². The molecular formula is C9H15N4+. The van der Waals surface area contributed by atoms with E-state index in [4.69, 9.17) is 0 Å². The average Bonchev–Trinajstić information content (AvgIpc) is 2.75. The quantitative estimate of drug-likeness (QED) is 0.590. The van der Waals surface area contributed by atoms with E-state index in [-0.39, 0.29) is 0 Å². The monoisotopic (exact) mass is 179 g/mol. The summed E-state index contributed by atoms with van der Waals surface area (Å²) in [6.45, 7) is 2.08. The molecule has 0 aliphatic heterocycles. The lowest BCUT2D eigenvalue weighted by Gasteiger charge is -1.84. The van der Waals surface area contributed by atoms with Crippen LogP contribution in [-0.2, 0) is 14.1 Å². The molecule has 2 aromatic heterocycles. The first kappa shape index (κ1) is 9.51. The van der Waals surface area contributed by atoms with Crippen LogP contribution in [0.5, 0.6) is 0 Å². The fraction of sp³-hybridized carbons (Fsp3) is 0.333. The summed E-state index contributed by atoms with van der Waals surface area (Å²) in [7, 11) is 4.07. The number of nitrogens with zero attached hydrogens (tertiary/aromatic N) is 3. The van der Waals surface area contributed by atoms with Crippen molar-refractivity contribution in [1.82, 2.24) is 14.5 Å². The zero-order valence-electron chi connectivity index (χ0n) is 8.23. The summed E-state index contributed by atoms with van der Waals surface area (Å²) in [5, 5.41) is 0. The number of rotatable bonds is 0. The van der Waals surface area contributed by atoms with Gasteiger partial charge in [-0.3, -0.25) is 0 Å². The molecule has 0 saturated carbocycles. The Bertz CT molecular complexity index is 298. The van der Waals surface area contributed by atoms with Gasteiger partial charge in [-0.2, -0.15) is 0 Å². The van der Waals surface area contributed by atoms with Crippen molar-refractivity contribution in [2.45, 2.75) is 6.92 Å². The van der Waals surface area contributed by atoms with Gasteiger partial charge in [-0.25, -0.2) is 14.1 Å². The van der Waals surface area contributed by atoms with Crippen molar-refractivity contribution in [3.63, 3.8) is 0 Å². The highest BCUT2D eigenvalue weighted by atomic mass is 15.1. The summed E-state index contributed by atoms with van der Waals surface area (Å²) in [6, 6.07) is 0. The Balaban J connectivity index is 0.000000145. The van der Waals surface area contributed by atoms with Crippen molar-refractivity contribution in [2.24, 2.45) is 14.1 Å². The van der Waals surface area contributed by atoms with Crippen molar-refractivity contribution < 1.29 is 4.57 Å². The molecule has 0 aliphatic carbocycles. The third kappa shape index (κ3) is 2.74. The Labute approximate surface area is 77.9 Å². The van der Waals surface area contributed by atoms with Crippen LogP contribution in [0.3, 0.4) is 0 Å². The zero-order valence-corrected chi connectivity index (χ0v) is 8.23. The number of imidazole rings is 2. The maximum absolute atomic E-state index is 3.67. The molecule has 0 radical (unpaired) electrons. The standard InChI is InChI=1S/C6H11N2.C3H4N2/c1-6-7(2)4-5-8(6)3;1-2-5-3-4-1/h4-5H,1-3H3;1-3H,(H,4,5)/q+1;. The van der Waals surface area contributed by atoms with Crippen LogP contribution in [-0.4, -0.2) is 14.5 Å². The van der Waals surface area contributed by atoms with Gasteiger partial charge < -0.3 is 4.98 Å². The molecule has 0 fully saturated rings. The van der Waals surface area contributed by atoms with Crippen molar-refractivity contribution in [3.05, 3.63) is 36.9 Å². The predicted octanol–water partition coefficient (Wildman–Crippen LogP) is 0.568. The van der Waals surface area contributed by atoms with E-state index in [1.807, 2.05) is 26.5 Å². The highest BCUT2D eigenvalue weighted by Crippen LogP contribution is 1.84. The second kappa shape index (κ2) is 4.45. The van der Waals surface area contributed by atoms with E-state index in [1.165, 1.54) is 5.82 Å². The molecular weight excluding hydrogens is 164 g/mol. The summed E-state index contributed by atoms with van der Waals surface area (Å²) in [4.78, 5) is 6.42. The van der Waals surface area contributed by atoms with Crippen molar-refractivity contribution in [3.8, 4) is 0 Å². The molecule has 0 amide bonds. The first-order chi connectivity index (χ1) is 6.22. The van der Waals surface area contributed by atoms with Crippen LogP contribution < -0.4 is 4.57 Å². The molecule has 0 saturated heterocycles. The zero-order chi connectivity index (χ0) is 9.68. The number of hydrogen-bond donors (Lipinski definition) is 1. The molecule has 0 aromatic carbocycles. The number of aryl methyl sites for hydroxylation is 2. The highest BCUT2D eigenvalue weighted by Gasteiger charge is 2.00. The summed E-state index contributed by atoms with van der Waals surface area (Å²) >= 11 is 0. The number of aromatic nitrogens is 4. The minimum Gasteiger partial charge on any atom is -0.351 e. The van der Waals surface area contributed by atoms with E-state index in [0.29, 0.717) is 0 Å². The first-order valence-electron chi connectivity index (χ1n) is 4.12. The SMILES string of the molecule is Cc1n(C)cc[n+]1C.c1c[nH]cn1. The molecule has 0 atom stereocenters. The Kier molecular flexibility index (Phi) is 3.25. The molecule has 13 heavy (non-hydrogen) atoms. The van der Waals surface area contributed by atoms with Gasteiger partial charge in [-0.05, 0) is 0 Å². The number of hydrogen-bond acceptors (Lipinski definition) is 1. The van der Waals surface area contributed by atoms with E-state index in [1.54, 1.807) is 18.7 Å². The molecule has 70 valence electrons. The fourth-order valence-electron chi connectivity index (χ4n) is 0.880.